The fourth-order valence-electron chi connectivity index (χ4n) is 2.53. The molecule has 0 unspecified atom stereocenters. The quantitative estimate of drug-likeness (QED) is 0.785. The van der Waals surface area contributed by atoms with Crippen LogP contribution in [-0.4, -0.2) is 34.6 Å². The van der Waals surface area contributed by atoms with Crippen LogP contribution in [0.25, 0.3) is 0 Å². The number of hydrogen-bond acceptors (Lipinski definition) is 5. The summed E-state index contributed by atoms with van der Waals surface area (Å²) in [7, 11) is 0. The molecule has 25 heavy (non-hydrogen) atoms. The first-order chi connectivity index (χ1) is 11.9. The molecule has 1 amide bonds. The highest BCUT2D eigenvalue weighted by atomic mass is 16.5. The van der Waals surface area contributed by atoms with E-state index in [2.05, 4.69) is 10.3 Å². The number of aromatic nitrogens is 1. The van der Waals surface area contributed by atoms with E-state index in [1.165, 1.54) is 6.20 Å². The Kier molecular flexibility index (Phi) is 6.25. The van der Waals surface area contributed by atoms with E-state index in [0.29, 0.717) is 11.1 Å². The minimum absolute atomic E-state index is 0.147. The lowest BCUT2D eigenvalue weighted by Gasteiger charge is -2.23. The van der Waals surface area contributed by atoms with Gasteiger partial charge in [-0.15, -0.1) is 0 Å². The second kappa shape index (κ2) is 8.39. The highest BCUT2D eigenvalue weighted by molar-refractivity contribution is 5.98. The van der Waals surface area contributed by atoms with Crippen molar-refractivity contribution in [1.82, 2.24) is 10.3 Å². The number of nitrogens with one attached hydrogen (secondary N) is 1. The van der Waals surface area contributed by atoms with E-state index >= 15 is 0 Å². The Bertz CT molecular complexity index is 746. The first kappa shape index (κ1) is 18.6. The summed E-state index contributed by atoms with van der Waals surface area (Å²) in [5.74, 6) is -1.14. The van der Waals surface area contributed by atoms with Crippen molar-refractivity contribution in [3.63, 3.8) is 0 Å². The number of aliphatic hydroxyl groups excluding tert-OH is 1. The number of pyridine rings is 1. The zero-order valence-electron chi connectivity index (χ0n) is 14.5. The highest BCUT2D eigenvalue weighted by Crippen LogP contribution is 2.18. The first-order valence-corrected chi connectivity index (χ1v) is 8.06. The van der Waals surface area contributed by atoms with Gasteiger partial charge in [-0.3, -0.25) is 9.78 Å². The maximum absolute atomic E-state index is 12.6. The summed E-state index contributed by atoms with van der Waals surface area (Å²) in [5.41, 5.74) is 2.68. The predicted molar refractivity (Wildman–Crippen MR) is 93.0 cm³/mol. The Hall–Kier alpha value is -2.73. The number of ether oxygens (including phenoxy) is 1. The van der Waals surface area contributed by atoms with Crippen molar-refractivity contribution in [2.75, 3.05) is 6.61 Å². The number of esters is 1. The molecule has 0 fully saturated rings. The molecule has 0 aliphatic rings. The van der Waals surface area contributed by atoms with Crippen molar-refractivity contribution >= 4 is 11.9 Å². The van der Waals surface area contributed by atoms with Crippen molar-refractivity contribution in [2.24, 2.45) is 0 Å². The van der Waals surface area contributed by atoms with Gasteiger partial charge in [-0.05, 0) is 38.5 Å². The maximum Gasteiger partial charge on any atom is 0.331 e. The fourth-order valence-corrected chi connectivity index (χ4v) is 2.53. The Balaban J connectivity index is 2.26. The zero-order valence-corrected chi connectivity index (χ0v) is 14.5. The summed E-state index contributed by atoms with van der Waals surface area (Å²) in [5, 5.41) is 13.1. The van der Waals surface area contributed by atoms with Gasteiger partial charge in [0.2, 0.25) is 0 Å². The minimum Gasteiger partial charge on any atom is -0.464 e. The van der Waals surface area contributed by atoms with Crippen LogP contribution in [-0.2, 0) is 9.53 Å². The van der Waals surface area contributed by atoms with Gasteiger partial charge in [0.1, 0.15) is 6.10 Å². The number of amides is 1. The molecule has 0 aliphatic carbocycles. The van der Waals surface area contributed by atoms with Crippen molar-refractivity contribution in [2.45, 2.75) is 32.9 Å². The maximum atomic E-state index is 12.6. The molecule has 0 spiro atoms. The van der Waals surface area contributed by atoms with Gasteiger partial charge in [0.05, 0.1) is 6.61 Å². The van der Waals surface area contributed by atoms with E-state index in [1.807, 2.05) is 26.0 Å². The van der Waals surface area contributed by atoms with Gasteiger partial charge >= 0.3 is 5.97 Å². The topological polar surface area (TPSA) is 88.5 Å². The van der Waals surface area contributed by atoms with Crippen molar-refractivity contribution in [1.29, 1.82) is 0 Å². The van der Waals surface area contributed by atoms with Crippen LogP contribution in [0.5, 0.6) is 0 Å². The van der Waals surface area contributed by atoms with Crippen LogP contribution in [0.15, 0.2) is 42.7 Å². The lowest BCUT2D eigenvalue weighted by molar-refractivity contribution is -0.148. The zero-order chi connectivity index (χ0) is 18.4. The smallest absolute Gasteiger partial charge is 0.331 e. The van der Waals surface area contributed by atoms with Crippen molar-refractivity contribution < 1.29 is 19.4 Å². The predicted octanol–water partition coefficient (Wildman–Crippen LogP) is 2.09. The van der Waals surface area contributed by atoms with Gasteiger partial charge in [-0.25, -0.2) is 4.79 Å². The number of carbonyl (C=O) groups excluding carboxylic acids is 2. The summed E-state index contributed by atoms with van der Waals surface area (Å²) in [6.07, 6.45) is 1.74. The molecule has 0 aliphatic heterocycles. The van der Waals surface area contributed by atoms with E-state index in [4.69, 9.17) is 4.74 Å². The lowest BCUT2D eigenvalue weighted by Crippen LogP contribution is -2.46. The Morgan fingerprint density at radius 2 is 2.04 bits per heavy atom. The van der Waals surface area contributed by atoms with Gasteiger partial charge in [0.25, 0.3) is 5.91 Å². The van der Waals surface area contributed by atoms with Gasteiger partial charge in [0.15, 0.2) is 6.04 Å². The highest BCUT2D eigenvalue weighted by Gasteiger charge is 2.31. The van der Waals surface area contributed by atoms with Crippen LogP contribution in [0.4, 0.5) is 0 Å². The number of rotatable bonds is 6. The SMILES string of the molecule is CCOC(=O)[C@@H](NC(=O)c1ccc(C)cc1C)[C@@H](O)c1cccnc1. The van der Waals surface area contributed by atoms with E-state index in [-0.39, 0.29) is 6.61 Å². The Morgan fingerprint density at radius 3 is 2.64 bits per heavy atom. The fraction of sp³-hybridized carbons (Fsp3) is 0.316. The van der Waals surface area contributed by atoms with E-state index in [9.17, 15) is 14.7 Å². The molecule has 132 valence electrons. The van der Waals surface area contributed by atoms with Gasteiger partial charge in [0, 0.05) is 23.5 Å². The molecule has 0 radical (unpaired) electrons. The number of nitrogens with zero attached hydrogens (tertiary/aromatic N) is 1. The van der Waals surface area contributed by atoms with Crippen LogP contribution in [0, 0.1) is 13.8 Å². The monoisotopic (exact) mass is 342 g/mol. The molecule has 2 rings (SSSR count). The van der Waals surface area contributed by atoms with E-state index < -0.39 is 24.0 Å². The third kappa shape index (κ3) is 4.64. The molecule has 6 heteroatoms. The number of hydrogen-bond donors (Lipinski definition) is 2. The van der Waals surface area contributed by atoms with Crippen molar-refractivity contribution in [3.05, 3.63) is 65.0 Å². The van der Waals surface area contributed by atoms with Crippen LogP contribution < -0.4 is 5.32 Å². The standard InChI is InChI=1S/C19H22N2O4/c1-4-25-19(24)16(17(22)14-6-5-9-20-11-14)21-18(23)15-8-7-12(2)10-13(15)3/h5-11,16-17,22H,4H2,1-3H3,(H,21,23)/t16-,17-/m0/s1. The summed E-state index contributed by atoms with van der Waals surface area (Å²) in [6, 6.07) is 7.45. The lowest BCUT2D eigenvalue weighted by atomic mass is 10.0. The second-order valence-electron chi connectivity index (χ2n) is 5.75. The van der Waals surface area contributed by atoms with Crippen molar-refractivity contribution in [3.8, 4) is 0 Å². The van der Waals surface area contributed by atoms with Gasteiger partial charge in [-0.2, -0.15) is 0 Å². The molecule has 2 atom stereocenters. The second-order valence-corrected chi connectivity index (χ2v) is 5.75. The minimum atomic E-state index is -1.26. The third-order valence-corrected chi connectivity index (χ3v) is 3.80. The number of aryl methyl sites for hydroxylation is 2. The van der Waals surface area contributed by atoms with Crippen LogP contribution in [0.2, 0.25) is 0 Å². The molecule has 1 aromatic heterocycles. The molecule has 0 saturated carbocycles. The summed E-state index contributed by atoms with van der Waals surface area (Å²) >= 11 is 0. The van der Waals surface area contributed by atoms with Crippen LogP contribution in [0.3, 0.4) is 0 Å². The molecule has 1 heterocycles. The number of carbonyl (C=O) groups is 2. The summed E-state index contributed by atoms with van der Waals surface area (Å²) in [4.78, 5) is 28.8. The first-order valence-electron chi connectivity index (χ1n) is 8.06. The molecule has 6 nitrogen and oxygen atoms in total. The molecule has 2 N–H and O–H groups in total. The average Bonchev–Trinajstić information content (AvgIpc) is 2.59. The third-order valence-electron chi connectivity index (χ3n) is 3.80. The molecule has 0 saturated heterocycles. The normalized spacial score (nSPS) is 13.0. The number of benzene rings is 1. The molecule has 2 aromatic rings. The van der Waals surface area contributed by atoms with Gasteiger partial charge in [-0.1, -0.05) is 23.8 Å². The molecular formula is C19H22N2O4. The van der Waals surface area contributed by atoms with Crippen LogP contribution >= 0.6 is 0 Å². The van der Waals surface area contributed by atoms with E-state index in [1.54, 1.807) is 31.3 Å². The summed E-state index contributed by atoms with van der Waals surface area (Å²) in [6.45, 7) is 5.56. The van der Waals surface area contributed by atoms with Gasteiger partial charge < -0.3 is 15.2 Å². The number of aliphatic hydroxyl groups is 1. The average molecular weight is 342 g/mol. The molecule has 1 aromatic carbocycles. The Labute approximate surface area is 146 Å². The van der Waals surface area contributed by atoms with E-state index in [0.717, 1.165) is 11.1 Å². The molecule has 0 bridgehead atoms. The molecular weight excluding hydrogens is 320 g/mol. The summed E-state index contributed by atoms with van der Waals surface area (Å²) < 4.78 is 5.00. The Morgan fingerprint density at radius 1 is 1.28 bits per heavy atom. The largest absolute Gasteiger partial charge is 0.464 e. The van der Waals surface area contributed by atoms with Crippen LogP contribution in [0.1, 0.15) is 40.1 Å².